The topological polar surface area (TPSA) is 15.8 Å². The normalized spacial score (nSPS) is 11.9. The molecule has 0 atom stereocenters. The maximum absolute atomic E-state index is 3.97. The van der Waals surface area contributed by atoms with Crippen molar-refractivity contribution in [1.29, 1.82) is 0 Å². The highest BCUT2D eigenvalue weighted by molar-refractivity contribution is 7.20. The molecule has 0 aliphatic carbocycles. The molecular weight excluding hydrogens is 719 g/mol. The monoisotopic (exact) mass is 759 g/mol. The summed E-state index contributed by atoms with van der Waals surface area (Å²) < 4.78 is 0. The molecule has 0 bridgehead atoms. The van der Waals surface area contributed by atoms with Crippen molar-refractivity contribution in [2.45, 2.75) is 0 Å². The summed E-state index contributed by atoms with van der Waals surface area (Å²) in [4.78, 5) is 3.97. The Kier molecular flexibility index (Phi) is 8.95. The number of fused-ring (bicyclic) bond motifs is 3. The van der Waals surface area contributed by atoms with Gasteiger partial charge >= 0.3 is 0 Å². The molecule has 0 spiro atoms. The lowest BCUT2D eigenvalue weighted by Crippen LogP contribution is -2.74. The molecule has 0 aliphatic rings. The molecule has 0 amide bonds. The molecule has 10 aromatic rings. The van der Waals surface area contributed by atoms with Gasteiger partial charge in [0.1, 0.15) is 0 Å². The van der Waals surface area contributed by atoms with Crippen molar-refractivity contribution in [3.63, 3.8) is 0 Å². The second-order valence-electron chi connectivity index (χ2n) is 14.9. The molecule has 9 aromatic carbocycles. The highest BCUT2D eigenvalue weighted by Crippen LogP contribution is 2.33. The molecule has 1 heterocycles. The van der Waals surface area contributed by atoms with Crippen LogP contribution in [0.15, 0.2) is 243 Å². The lowest BCUT2D eigenvalue weighted by atomic mass is 10.0. The standard InChI is InChI=1S/C54H41NSi2/c1-8-22-41(23-9-1)50-39-49(57(45-30-16-5-17-31-45,46-32-18-6-19-33-46)47-34-20-7-21-35-47)40-52-51-38-48(36-37-53(51)55-54(50)52)56(42-24-10-2-11-25-42,43-26-12-3-13-27-43)44-28-14-4-15-29-44/h1-40,55H. The summed E-state index contributed by atoms with van der Waals surface area (Å²) in [5.74, 6) is 0. The van der Waals surface area contributed by atoms with Gasteiger partial charge < -0.3 is 4.98 Å². The van der Waals surface area contributed by atoms with Crippen molar-refractivity contribution < 1.29 is 0 Å². The summed E-state index contributed by atoms with van der Waals surface area (Å²) in [6.45, 7) is 0. The molecule has 0 aliphatic heterocycles. The van der Waals surface area contributed by atoms with E-state index in [4.69, 9.17) is 0 Å². The second-order valence-corrected chi connectivity index (χ2v) is 22.5. The van der Waals surface area contributed by atoms with Crippen LogP contribution < -0.4 is 41.5 Å². The zero-order chi connectivity index (χ0) is 38.1. The molecule has 0 unspecified atom stereocenters. The average Bonchev–Trinajstić information content (AvgIpc) is 3.67. The molecule has 1 nitrogen and oxygen atoms in total. The minimum atomic E-state index is -2.86. The Bertz CT molecular complexity index is 2720. The van der Waals surface area contributed by atoms with Crippen LogP contribution in [-0.4, -0.2) is 21.1 Å². The van der Waals surface area contributed by atoms with E-state index in [0.717, 1.165) is 5.52 Å². The van der Waals surface area contributed by atoms with Crippen LogP contribution in [0.5, 0.6) is 0 Å². The second kappa shape index (κ2) is 14.7. The van der Waals surface area contributed by atoms with E-state index in [1.807, 2.05) is 0 Å². The zero-order valence-electron chi connectivity index (χ0n) is 31.6. The molecule has 1 aromatic heterocycles. The van der Waals surface area contributed by atoms with Crippen molar-refractivity contribution >= 4 is 79.4 Å². The fourth-order valence-electron chi connectivity index (χ4n) is 9.42. The van der Waals surface area contributed by atoms with Gasteiger partial charge in [-0.1, -0.05) is 237 Å². The van der Waals surface area contributed by atoms with Crippen molar-refractivity contribution in [2.24, 2.45) is 0 Å². The van der Waals surface area contributed by atoms with Crippen LogP contribution >= 0.6 is 0 Å². The summed E-state index contributed by atoms with van der Waals surface area (Å²) in [6.07, 6.45) is 0. The van der Waals surface area contributed by atoms with Crippen molar-refractivity contribution in [1.82, 2.24) is 4.98 Å². The van der Waals surface area contributed by atoms with Gasteiger partial charge in [0.05, 0.1) is 5.52 Å². The molecule has 10 rings (SSSR count). The quantitative estimate of drug-likeness (QED) is 0.115. The number of hydrogen-bond donors (Lipinski definition) is 1. The van der Waals surface area contributed by atoms with Gasteiger partial charge in [-0.25, -0.2) is 0 Å². The van der Waals surface area contributed by atoms with E-state index in [1.54, 1.807) is 0 Å². The van der Waals surface area contributed by atoms with E-state index in [-0.39, 0.29) is 0 Å². The zero-order valence-corrected chi connectivity index (χ0v) is 33.6. The Hall–Kier alpha value is -6.79. The van der Waals surface area contributed by atoms with Gasteiger partial charge in [-0.2, -0.15) is 0 Å². The van der Waals surface area contributed by atoms with Gasteiger partial charge in [-0.05, 0) is 53.1 Å². The maximum atomic E-state index is 3.97. The highest BCUT2D eigenvalue weighted by atomic mass is 28.3. The predicted molar refractivity (Wildman–Crippen MR) is 248 cm³/mol. The molecule has 57 heavy (non-hydrogen) atoms. The summed E-state index contributed by atoms with van der Waals surface area (Å²) in [6, 6.07) is 90.7. The summed E-state index contributed by atoms with van der Waals surface area (Å²) in [7, 11) is -5.62. The van der Waals surface area contributed by atoms with E-state index in [9.17, 15) is 0 Å². The summed E-state index contributed by atoms with van der Waals surface area (Å²) in [5.41, 5.74) is 4.74. The van der Waals surface area contributed by atoms with Gasteiger partial charge in [-0.3, -0.25) is 0 Å². The summed E-state index contributed by atoms with van der Waals surface area (Å²) >= 11 is 0. The third kappa shape index (κ3) is 5.74. The Morgan fingerprint density at radius 1 is 0.263 bits per heavy atom. The number of rotatable bonds is 9. The Morgan fingerprint density at radius 2 is 0.596 bits per heavy atom. The number of H-pyrrole nitrogens is 1. The first-order chi connectivity index (χ1) is 28.3. The van der Waals surface area contributed by atoms with Gasteiger partial charge in [-0.15, -0.1) is 0 Å². The first kappa shape index (κ1) is 34.7. The summed E-state index contributed by atoms with van der Waals surface area (Å²) in [5, 5.41) is 13.4. The predicted octanol–water partition coefficient (Wildman–Crippen LogP) is 7.74. The Labute approximate surface area is 336 Å². The SMILES string of the molecule is c1ccc(-c2cc([Si](c3ccccc3)(c3ccccc3)c3ccccc3)cc3c2[nH]c2ccc([Si](c4ccccc4)(c4ccccc4)c4ccccc4)cc23)cc1. The number of benzene rings is 9. The lowest BCUT2D eigenvalue weighted by Gasteiger charge is -2.35. The van der Waals surface area contributed by atoms with Gasteiger partial charge in [0, 0.05) is 21.9 Å². The largest absolute Gasteiger partial charge is 0.354 e. The van der Waals surface area contributed by atoms with Gasteiger partial charge in [0.2, 0.25) is 0 Å². The molecule has 0 radical (unpaired) electrons. The molecule has 270 valence electrons. The van der Waals surface area contributed by atoms with Crippen LogP contribution in [0, 0.1) is 0 Å². The van der Waals surface area contributed by atoms with Crippen LogP contribution in [0.3, 0.4) is 0 Å². The van der Waals surface area contributed by atoms with Crippen molar-refractivity contribution in [3.8, 4) is 11.1 Å². The van der Waals surface area contributed by atoms with Gasteiger partial charge in [0.25, 0.3) is 0 Å². The number of hydrogen-bond acceptors (Lipinski definition) is 0. The number of nitrogens with one attached hydrogen (secondary N) is 1. The number of aromatic nitrogens is 1. The smallest absolute Gasteiger partial charge is 0.179 e. The maximum Gasteiger partial charge on any atom is 0.179 e. The Balaban J connectivity index is 1.35. The first-order valence-corrected chi connectivity index (χ1v) is 23.8. The highest BCUT2D eigenvalue weighted by Gasteiger charge is 2.43. The molecule has 0 fully saturated rings. The van der Waals surface area contributed by atoms with Gasteiger partial charge in [0.15, 0.2) is 16.1 Å². The molecular formula is C54H41NSi2. The number of aromatic amines is 1. The van der Waals surface area contributed by atoms with Crippen LogP contribution in [0.4, 0.5) is 0 Å². The molecule has 1 N–H and O–H groups in total. The van der Waals surface area contributed by atoms with E-state index in [2.05, 4.69) is 248 Å². The molecule has 0 saturated carbocycles. The van der Waals surface area contributed by atoms with E-state index >= 15 is 0 Å². The molecule has 3 heteroatoms. The fourth-order valence-corrected chi connectivity index (χ4v) is 19.0. The van der Waals surface area contributed by atoms with Crippen LogP contribution in [0.1, 0.15) is 0 Å². The van der Waals surface area contributed by atoms with E-state index in [0.29, 0.717) is 0 Å². The Morgan fingerprint density at radius 3 is 0.982 bits per heavy atom. The average molecular weight is 760 g/mol. The van der Waals surface area contributed by atoms with Crippen LogP contribution in [-0.2, 0) is 0 Å². The van der Waals surface area contributed by atoms with E-state index < -0.39 is 16.1 Å². The fraction of sp³-hybridized carbons (Fsp3) is 0. The third-order valence-electron chi connectivity index (χ3n) is 11.9. The first-order valence-electron chi connectivity index (χ1n) is 19.8. The minimum absolute atomic E-state index is 1.14. The van der Waals surface area contributed by atoms with Crippen molar-refractivity contribution in [2.75, 3.05) is 0 Å². The van der Waals surface area contributed by atoms with Crippen molar-refractivity contribution in [3.05, 3.63) is 243 Å². The minimum Gasteiger partial charge on any atom is -0.354 e. The lowest BCUT2D eigenvalue weighted by molar-refractivity contribution is 1.54. The van der Waals surface area contributed by atoms with Crippen LogP contribution in [0.25, 0.3) is 32.9 Å². The van der Waals surface area contributed by atoms with E-state index in [1.165, 1.54) is 68.9 Å². The third-order valence-corrected chi connectivity index (χ3v) is 21.4. The molecule has 0 saturated heterocycles. The van der Waals surface area contributed by atoms with Crippen LogP contribution in [0.2, 0.25) is 0 Å².